The Morgan fingerprint density at radius 3 is 1.65 bits per heavy atom. The molecule has 0 aromatic heterocycles. The highest BCUT2D eigenvalue weighted by molar-refractivity contribution is 5.79. The van der Waals surface area contributed by atoms with Crippen molar-refractivity contribution in [2.24, 2.45) is 5.92 Å². The van der Waals surface area contributed by atoms with Crippen molar-refractivity contribution in [2.45, 2.75) is 20.3 Å². The van der Waals surface area contributed by atoms with E-state index in [0.717, 1.165) is 23.1 Å². The van der Waals surface area contributed by atoms with E-state index in [9.17, 15) is 8.78 Å². The zero-order valence-electron chi connectivity index (χ0n) is 11.7. The maximum atomic E-state index is 13.1. The highest BCUT2D eigenvalue weighted by atomic mass is 19.1. The highest BCUT2D eigenvalue weighted by Gasteiger charge is 2.07. The van der Waals surface area contributed by atoms with E-state index < -0.39 is 0 Å². The summed E-state index contributed by atoms with van der Waals surface area (Å²) in [4.78, 5) is 0. The molecule has 0 amide bonds. The van der Waals surface area contributed by atoms with Gasteiger partial charge in [0.15, 0.2) is 0 Å². The minimum absolute atomic E-state index is 0.254. The number of allylic oxidation sites excluding steroid dienone is 1. The van der Waals surface area contributed by atoms with Gasteiger partial charge in [-0.05, 0) is 46.9 Å². The molecule has 0 aliphatic heterocycles. The summed E-state index contributed by atoms with van der Waals surface area (Å²) in [6.07, 6.45) is 3.17. The predicted octanol–water partition coefficient (Wildman–Crippen LogP) is 5.44. The predicted molar refractivity (Wildman–Crippen MR) is 79.3 cm³/mol. The Labute approximate surface area is 118 Å². The third-order valence-corrected chi connectivity index (χ3v) is 3.41. The Hall–Kier alpha value is -1.96. The quantitative estimate of drug-likeness (QED) is 0.695. The van der Waals surface area contributed by atoms with Crippen molar-refractivity contribution in [3.8, 4) is 0 Å². The number of halogens is 2. The van der Waals surface area contributed by atoms with Gasteiger partial charge in [0, 0.05) is 0 Å². The zero-order chi connectivity index (χ0) is 14.5. The van der Waals surface area contributed by atoms with Crippen molar-refractivity contribution in [3.05, 3.63) is 77.4 Å². The summed E-state index contributed by atoms with van der Waals surface area (Å²) in [6.45, 7) is 4.25. The molecular weight excluding hydrogens is 254 g/mol. The maximum absolute atomic E-state index is 13.1. The fourth-order valence-electron chi connectivity index (χ4n) is 2.02. The standard InChI is InChI=1S/C18H18F2/c1-3-13(2)12-18(14-4-8-16(19)9-5-14)15-6-10-17(20)11-7-15/h4-13H,3H2,1-2H3. The first-order valence-electron chi connectivity index (χ1n) is 6.84. The minimum atomic E-state index is -0.254. The molecular formula is C18H18F2. The summed E-state index contributed by atoms with van der Waals surface area (Å²) in [6, 6.07) is 12.8. The molecule has 20 heavy (non-hydrogen) atoms. The normalized spacial score (nSPS) is 12.0. The van der Waals surface area contributed by atoms with Gasteiger partial charge in [0.1, 0.15) is 11.6 Å². The smallest absolute Gasteiger partial charge is 0.123 e. The van der Waals surface area contributed by atoms with Gasteiger partial charge in [-0.2, -0.15) is 0 Å². The average Bonchev–Trinajstić information content (AvgIpc) is 2.46. The van der Waals surface area contributed by atoms with Crippen molar-refractivity contribution in [3.63, 3.8) is 0 Å². The van der Waals surface area contributed by atoms with E-state index in [4.69, 9.17) is 0 Å². The summed E-state index contributed by atoms with van der Waals surface area (Å²) in [5.74, 6) is -0.105. The Bertz CT molecular complexity index is 532. The molecule has 0 bridgehead atoms. The van der Waals surface area contributed by atoms with Crippen LogP contribution in [0.4, 0.5) is 8.78 Å². The van der Waals surface area contributed by atoms with Crippen LogP contribution in [0.3, 0.4) is 0 Å². The van der Waals surface area contributed by atoms with Gasteiger partial charge in [0.05, 0.1) is 0 Å². The topological polar surface area (TPSA) is 0 Å². The molecule has 2 heteroatoms. The Morgan fingerprint density at radius 2 is 1.30 bits per heavy atom. The maximum Gasteiger partial charge on any atom is 0.123 e. The third kappa shape index (κ3) is 3.53. The fourth-order valence-corrected chi connectivity index (χ4v) is 2.02. The molecule has 1 unspecified atom stereocenters. The Kier molecular flexibility index (Phi) is 4.67. The van der Waals surface area contributed by atoms with Crippen molar-refractivity contribution in [1.82, 2.24) is 0 Å². The van der Waals surface area contributed by atoms with Gasteiger partial charge in [-0.25, -0.2) is 8.78 Å². The lowest BCUT2D eigenvalue weighted by molar-refractivity contribution is 0.627. The molecule has 0 N–H and O–H groups in total. The number of rotatable bonds is 4. The second-order valence-corrected chi connectivity index (χ2v) is 4.98. The van der Waals surface area contributed by atoms with Crippen LogP contribution in [-0.2, 0) is 0 Å². The van der Waals surface area contributed by atoms with Gasteiger partial charge >= 0.3 is 0 Å². The highest BCUT2D eigenvalue weighted by Crippen LogP contribution is 2.26. The number of benzene rings is 2. The van der Waals surface area contributed by atoms with Crippen LogP contribution in [0.5, 0.6) is 0 Å². The summed E-state index contributed by atoms with van der Waals surface area (Å²) in [7, 11) is 0. The van der Waals surface area contributed by atoms with Crippen LogP contribution in [0.15, 0.2) is 54.6 Å². The van der Waals surface area contributed by atoms with E-state index in [1.807, 2.05) is 0 Å². The van der Waals surface area contributed by atoms with Crippen molar-refractivity contribution < 1.29 is 8.78 Å². The average molecular weight is 272 g/mol. The first-order valence-corrected chi connectivity index (χ1v) is 6.84. The Morgan fingerprint density at radius 1 is 0.900 bits per heavy atom. The zero-order valence-corrected chi connectivity index (χ0v) is 11.7. The summed E-state index contributed by atoms with van der Waals surface area (Å²) < 4.78 is 26.1. The van der Waals surface area contributed by atoms with Crippen LogP contribution in [0.1, 0.15) is 31.4 Å². The fraction of sp³-hybridized carbons (Fsp3) is 0.222. The molecule has 0 aliphatic carbocycles. The summed E-state index contributed by atoms with van der Waals surface area (Å²) in [5.41, 5.74) is 2.90. The lowest BCUT2D eigenvalue weighted by Gasteiger charge is -2.12. The van der Waals surface area contributed by atoms with Crippen LogP contribution in [0.25, 0.3) is 5.57 Å². The second kappa shape index (κ2) is 6.47. The van der Waals surface area contributed by atoms with E-state index in [-0.39, 0.29) is 11.6 Å². The summed E-state index contributed by atoms with van der Waals surface area (Å²) >= 11 is 0. The van der Waals surface area contributed by atoms with Crippen molar-refractivity contribution >= 4 is 5.57 Å². The molecule has 0 nitrogen and oxygen atoms in total. The second-order valence-electron chi connectivity index (χ2n) is 4.98. The molecule has 0 saturated carbocycles. The largest absolute Gasteiger partial charge is 0.207 e. The van der Waals surface area contributed by atoms with Crippen LogP contribution in [0, 0.1) is 17.6 Å². The molecule has 0 spiro atoms. The molecule has 0 fully saturated rings. The van der Waals surface area contributed by atoms with E-state index in [1.54, 1.807) is 24.3 Å². The van der Waals surface area contributed by atoms with E-state index >= 15 is 0 Å². The van der Waals surface area contributed by atoms with E-state index in [0.29, 0.717) is 5.92 Å². The molecule has 104 valence electrons. The Balaban J connectivity index is 2.47. The minimum Gasteiger partial charge on any atom is -0.207 e. The van der Waals surface area contributed by atoms with Gasteiger partial charge in [0.25, 0.3) is 0 Å². The van der Waals surface area contributed by atoms with Crippen LogP contribution in [-0.4, -0.2) is 0 Å². The molecule has 1 atom stereocenters. The summed E-state index contributed by atoms with van der Waals surface area (Å²) in [5, 5.41) is 0. The number of hydrogen-bond acceptors (Lipinski definition) is 0. The van der Waals surface area contributed by atoms with E-state index in [1.165, 1.54) is 24.3 Å². The van der Waals surface area contributed by atoms with E-state index in [2.05, 4.69) is 19.9 Å². The molecule has 2 aromatic rings. The van der Waals surface area contributed by atoms with Gasteiger partial charge < -0.3 is 0 Å². The molecule has 0 aliphatic rings. The van der Waals surface area contributed by atoms with Gasteiger partial charge in [-0.3, -0.25) is 0 Å². The molecule has 2 aromatic carbocycles. The first-order chi connectivity index (χ1) is 9.60. The van der Waals surface area contributed by atoms with Gasteiger partial charge in [-0.15, -0.1) is 0 Å². The first kappa shape index (κ1) is 14.4. The van der Waals surface area contributed by atoms with Crippen molar-refractivity contribution in [2.75, 3.05) is 0 Å². The molecule has 2 rings (SSSR count). The SMILES string of the molecule is CCC(C)C=C(c1ccc(F)cc1)c1ccc(F)cc1. The van der Waals surface area contributed by atoms with Crippen LogP contribution >= 0.6 is 0 Å². The van der Waals surface area contributed by atoms with Crippen molar-refractivity contribution in [1.29, 1.82) is 0 Å². The van der Waals surface area contributed by atoms with Gasteiger partial charge in [0.2, 0.25) is 0 Å². The lowest BCUT2D eigenvalue weighted by Crippen LogP contribution is -1.94. The molecule has 0 heterocycles. The van der Waals surface area contributed by atoms with Gasteiger partial charge in [-0.1, -0.05) is 50.6 Å². The number of hydrogen-bond donors (Lipinski definition) is 0. The van der Waals surface area contributed by atoms with Crippen LogP contribution in [0.2, 0.25) is 0 Å². The van der Waals surface area contributed by atoms with Crippen LogP contribution < -0.4 is 0 Å². The lowest BCUT2D eigenvalue weighted by atomic mass is 9.93. The monoisotopic (exact) mass is 272 g/mol. The molecule has 0 saturated heterocycles. The third-order valence-electron chi connectivity index (χ3n) is 3.41. The molecule has 0 radical (unpaired) electrons.